The first kappa shape index (κ1) is 12.2. The lowest BCUT2D eigenvalue weighted by Gasteiger charge is -1.99. The second-order valence-corrected chi connectivity index (χ2v) is 2.46. The van der Waals surface area contributed by atoms with Crippen LogP contribution in [0.1, 0.15) is 6.92 Å². The summed E-state index contributed by atoms with van der Waals surface area (Å²) in [5.74, 6) is -0.504. The van der Waals surface area contributed by atoms with E-state index in [1.54, 1.807) is 6.92 Å². The Labute approximate surface area is 82.9 Å². The molecule has 0 aromatic rings. The van der Waals surface area contributed by atoms with Crippen molar-refractivity contribution >= 4 is 12.0 Å². The van der Waals surface area contributed by atoms with Crippen LogP contribution in [0.25, 0.3) is 0 Å². The number of nitrogens with zero attached hydrogens (tertiary/aromatic N) is 1. The molecule has 0 rings (SSSR count). The molecule has 0 fully saturated rings. The topological polar surface area (TPSA) is 73.9 Å². The van der Waals surface area contributed by atoms with E-state index in [9.17, 15) is 4.79 Å². The maximum absolute atomic E-state index is 10.9. The summed E-state index contributed by atoms with van der Waals surface area (Å²) in [5, 5.41) is 0. The van der Waals surface area contributed by atoms with Crippen LogP contribution in [0.15, 0.2) is 28.9 Å². The molecule has 0 spiro atoms. The summed E-state index contributed by atoms with van der Waals surface area (Å²) in [7, 11) is 2.69. The molecule has 0 heterocycles. The molecule has 0 aliphatic rings. The monoisotopic (exact) mass is 198 g/mol. The number of carbonyl (C=O) groups is 1. The van der Waals surface area contributed by atoms with Gasteiger partial charge in [-0.05, 0) is 13.0 Å². The Morgan fingerprint density at radius 1 is 1.43 bits per heavy atom. The molecular formula is C9H14N2O3. The number of allylic oxidation sites excluding steroid dienone is 1. The van der Waals surface area contributed by atoms with Gasteiger partial charge in [0.25, 0.3) is 6.02 Å². The lowest BCUT2D eigenvalue weighted by molar-refractivity contribution is -0.135. The van der Waals surface area contributed by atoms with Crippen molar-refractivity contribution in [3.8, 4) is 0 Å². The SMILES string of the molecule is C=C(/C=C(C)\N=C(/N)OC)C(=O)OC. The van der Waals surface area contributed by atoms with Crippen molar-refractivity contribution < 1.29 is 14.3 Å². The van der Waals surface area contributed by atoms with E-state index in [2.05, 4.69) is 21.0 Å². The van der Waals surface area contributed by atoms with Gasteiger partial charge in [0.15, 0.2) is 0 Å². The third kappa shape index (κ3) is 4.30. The van der Waals surface area contributed by atoms with Crippen LogP contribution >= 0.6 is 0 Å². The fraction of sp³-hybridized carbons (Fsp3) is 0.333. The van der Waals surface area contributed by atoms with Crippen LogP contribution < -0.4 is 5.73 Å². The maximum Gasteiger partial charge on any atom is 0.337 e. The third-order valence-corrected chi connectivity index (χ3v) is 1.33. The number of rotatable bonds is 3. The van der Waals surface area contributed by atoms with Crippen LogP contribution in [0.3, 0.4) is 0 Å². The highest BCUT2D eigenvalue weighted by atomic mass is 16.5. The predicted octanol–water partition coefficient (Wildman–Crippen LogP) is 0.580. The van der Waals surface area contributed by atoms with Crippen molar-refractivity contribution in [2.75, 3.05) is 14.2 Å². The lowest BCUT2D eigenvalue weighted by atomic mass is 10.2. The van der Waals surface area contributed by atoms with Gasteiger partial charge in [0.1, 0.15) is 0 Å². The predicted molar refractivity (Wildman–Crippen MR) is 53.5 cm³/mol. The lowest BCUT2D eigenvalue weighted by Crippen LogP contribution is -2.13. The van der Waals surface area contributed by atoms with Gasteiger partial charge in [0, 0.05) is 5.70 Å². The average molecular weight is 198 g/mol. The Hall–Kier alpha value is -1.78. The number of carbonyl (C=O) groups excluding carboxylic acids is 1. The summed E-state index contributed by atoms with van der Waals surface area (Å²) in [4.78, 5) is 14.7. The Kier molecular flexibility index (Phi) is 5.06. The molecule has 0 amide bonds. The molecule has 0 aliphatic carbocycles. The molecule has 0 bridgehead atoms. The van der Waals surface area contributed by atoms with Gasteiger partial charge in [-0.15, -0.1) is 0 Å². The van der Waals surface area contributed by atoms with Crippen LogP contribution in [0.2, 0.25) is 0 Å². The van der Waals surface area contributed by atoms with Gasteiger partial charge in [0.05, 0.1) is 19.8 Å². The highest BCUT2D eigenvalue weighted by Gasteiger charge is 2.03. The van der Waals surface area contributed by atoms with Crippen LogP contribution in [-0.4, -0.2) is 26.2 Å². The number of ether oxygens (including phenoxy) is 2. The Morgan fingerprint density at radius 2 is 2.00 bits per heavy atom. The summed E-state index contributed by atoms with van der Waals surface area (Å²) in [6.07, 6.45) is 1.46. The van der Waals surface area contributed by atoms with Crippen LogP contribution in [0, 0.1) is 0 Å². The smallest absolute Gasteiger partial charge is 0.337 e. The molecule has 0 unspecified atom stereocenters. The molecule has 5 heteroatoms. The number of aliphatic imine (C=N–C) groups is 1. The van der Waals surface area contributed by atoms with Crippen molar-refractivity contribution in [2.24, 2.45) is 10.7 Å². The van der Waals surface area contributed by atoms with E-state index >= 15 is 0 Å². The summed E-state index contributed by atoms with van der Waals surface area (Å²) in [6, 6.07) is 0.0245. The molecule has 0 saturated carbocycles. The summed E-state index contributed by atoms with van der Waals surface area (Å²) >= 11 is 0. The quantitative estimate of drug-likeness (QED) is 0.237. The molecule has 5 nitrogen and oxygen atoms in total. The highest BCUT2D eigenvalue weighted by molar-refractivity contribution is 5.90. The molecule has 0 saturated heterocycles. The fourth-order valence-corrected chi connectivity index (χ4v) is 0.694. The molecule has 2 N–H and O–H groups in total. The Bertz CT molecular complexity index is 292. The van der Waals surface area contributed by atoms with E-state index in [-0.39, 0.29) is 11.6 Å². The van der Waals surface area contributed by atoms with Crippen LogP contribution in [0.4, 0.5) is 0 Å². The third-order valence-electron chi connectivity index (χ3n) is 1.33. The van der Waals surface area contributed by atoms with Gasteiger partial charge < -0.3 is 15.2 Å². The zero-order chi connectivity index (χ0) is 11.1. The minimum Gasteiger partial charge on any atom is -0.469 e. The van der Waals surface area contributed by atoms with Crippen molar-refractivity contribution in [1.29, 1.82) is 0 Å². The van der Waals surface area contributed by atoms with Gasteiger partial charge in [-0.2, -0.15) is 0 Å². The van der Waals surface area contributed by atoms with E-state index in [0.29, 0.717) is 5.70 Å². The van der Waals surface area contributed by atoms with Gasteiger partial charge in [-0.3, -0.25) is 0 Å². The largest absolute Gasteiger partial charge is 0.469 e. The Morgan fingerprint density at radius 3 is 2.43 bits per heavy atom. The molecule has 14 heavy (non-hydrogen) atoms. The molecule has 0 aliphatic heterocycles. The minimum absolute atomic E-state index is 0.0245. The molecule has 0 aromatic heterocycles. The summed E-state index contributed by atoms with van der Waals surface area (Å²) in [6.45, 7) is 5.16. The summed E-state index contributed by atoms with van der Waals surface area (Å²) in [5.41, 5.74) is 6.02. The first-order chi connectivity index (χ1) is 6.51. The Balaban J connectivity index is 4.53. The average Bonchev–Trinajstić information content (AvgIpc) is 2.15. The number of esters is 1. The van der Waals surface area contributed by atoms with Gasteiger partial charge >= 0.3 is 5.97 Å². The highest BCUT2D eigenvalue weighted by Crippen LogP contribution is 2.03. The van der Waals surface area contributed by atoms with Gasteiger partial charge in [0.2, 0.25) is 0 Å². The maximum atomic E-state index is 10.9. The van der Waals surface area contributed by atoms with Crippen LogP contribution in [0.5, 0.6) is 0 Å². The number of nitrogens with two attached hydrogens (primary N) is 1. The van der Waals surface area contributed by atoms with Gasteiger partial charge in [-0.25, -0.2) is 9.79 Å². The molecule has 78 valence electrons. The molecule has 0 atom stereocenters. The second kappa shape index (κ2) is 5.80. The van der Waals surface area contributed by atoms with Crippen molar-refractivity contribution in [1.82, 2.24) is 0 Å². The standard InChI is InChI=1S/C9H14N2O3/c1-6(8(12)13-3)5-7(2)11-9(10)14-4/h5H,1H2,2-4H3,(H2,10,11)/b7-5-. The minimum atomic E-state index is -0.504. The zero-order valence-corrected chi connectivity index (χ0v) is 8.53. The number of amidine groups is 1. The van der Waals surface area contributed by atoms with Crippen LogP contribution in [-0.2, 0) is 14.3 Å². The number of hydrogen-bond donors (Lipinski definition) is 1. The molecule has 0 aromatic carbocycles. The van der Waals surface area contributed by atoms with E-state index in [4.69, 9.17) is 5.73 Å². The molecular weight excluding hydrogens is 184 g/mol. The van der Waals surface area contributed by atoms with Gasteiger partial charge in [-0.1, -0.05) is 6.58 Å². The van der Waals surface area contributed by atoms with E-state index in [1.807, 2.05) is 0 Å². The van der Waals surface area contributed by atoms with E-state index in [0.717, 1.165) is 0 Å². The number of hydrogen-bond acceptors (Lipinski definition) is 4. The first-order valence-electron chi connectivity index (χ1n) is 3.85. The fourth-order valence-electron chi connectivity index (χ4n) is 0.694. The normalized spacial score (nSPS) is 12.2. The number of methoxy groups -OCH3 is 2. The first-order valence-corrected chi connectivity index (χ1v) is 3.85. The zero-order valence-electron chi connectivity index (χ0n) is 8.53. The second-order valence-electron chi connectivity index (χ2n) is 2.46. The van der Waals surface area contributed by atoms with Crippen molar-refractivity contribution in [3.05, 3.63) is 23.9 Å². The van der Waals surface area contributed by atoms with Crippen molar-refractivity contribution in [3.63, 3.8) is 0 Å². The molecule has 0 radical (unpaired) electrons. The van der Waals surface area contributed by atoms with Crippen molar-refractivity contribution in [2.45, 2.75) is 6.92 Å². The van der Waals surface area contributed by atoms with E-state index in [1.165, 1.54) is 20.3 Å². The summed E-state index contributed by atoms with van der Waals surface area (Å²) < 4.78 is 9.08. The van der Waals surface area contributed by atoms with E-state index < -0.39 is 5.97 Å².